The van der Waals surface area contributed by atoms with Crippen LogP contribution in [0.3, 0.4) is 0 Å². The van der Waals surface area contributed by atoms with Gasteiger partial charge in [-0.1, -0.05) is 6.07 Å². The van der Waals surface area contributed by atoms with Gasteiger partial charge < -0.3 is 23.8 Å². The minimum Gasteiger partial charge on any atom is -0.493 e. The molecule has 0 spiro atoms. The Morgan fingerprint density at radius 2 is 1.69 bits per heavy atom. The number of carbonyl (C=O) groups excluding carboxylic acids is 1. The van der Waals surface area contributed by atoms with E-state index in [1.54, 1.807) is 13.8 Å². The molecule has 0 N–H and O–H groups in total. The molecule has 2 aromatic carbocycles. The number of carbonyl (C=O) groups is 1. The molecule has 0 aliphatic rings. The minimum atomic E-state index is -3.01. The van der Waals surface area contributed by atoms with Gasteiger partial charge in [0.05, 0.1) is 31.3 Å². The molecular weight excluding hydrogens is 430 g/mol. The van der Waals surface area contributed by atoms with Crippen molar-refractivity contribution in [3.63, 3.8) is 0 Å². The molecule has 0 radical (unpaired) electrons. The predicted octanol–water partition coefficient (Wildman–Crippen LogP) is 4.27. The number of hydrogen-bond donors (Lipinski definition) is 0. The van der Waals surface area contributed by atoms with E-state index in [1.165, 1.54) is 43.3 Å². The van der Waals surface area contributed by atoms with E-state index >= 15 is 0 Å². The summed E-state index contributed by atoms with van der Waals surface area (Å²) < 4.78 is 45.5. The molecule has 0 saturated heterocycles. The van der Waals surface area contributed by atoms with Crippen LogP contribution in [0.5, 0.6) is 23.0 Å². The Balaban J connectivity index is 2.34. The second kappa shape index (κ2) is 11.1. The largest absolute Gasteiger partial charge is 0.493 e. The summed E-state index contributed by atoms with van der Waals surface area (Å²) in [4.78, 5) is 25.1. The van der Waals surface area contributed by atoms with Gasteiger partial charge in [0, 0.05) is 19.7 Å². The molecule has 2 rings (SSSR count). The first-order chi connectivity index (χ1) is 15.2. The fourth-order valence-electron chi connectivity index (χ4n) is 2.96. The summed E-state index contributed by atoms with van der Waals surface area (Å²) in [6.45, 7) is 0.892. The van der Waals surface area contributed by atoms with Crippen LogP contribution < -0.4 is 18.9 Å². The second-order valence-electron chi connectivity index (χ2n) is 6.46. The maximum Gasteiger partial charge on any atom is 0.387 e. The Labute approximate surface area is 183 Å². The highest BCUT2D eigenvalue weighted by Gasteiger charge is 2.27. The molecule has 0 aliphatic carbocycles. The van der Waals surface area contributed by atoms with Gasteiger partial charge in [0.25, 0.3) is 11.6 Å². The topological polar surface area (TPSA) is 100 Å². The van der Waals surface area contributed by atoms with Gasteiger partial charge >= 0.3 is 6.61 Å². The Morgan fingerprint density at radius 1 is 1.06 bits per heavy atom. The number of nitro benzene ring substituents is 1. The lowest BCUT2D eigenvalue weighted by Crippen LogP contribution is -2.27. The number of halogens is 2. The zero-order valence-electron chi connectivity index (χ0n) is 18.1. The molecule has 0 aromatic heterocycles. The van der Waals surface area contributed by atoms with Gasteiger partial charge in [0.15, 0.2) is 23.0 Å². The van der Waals surface area contributed by atoms with Crippen molar-refractivity contribution >= 4 is 11.6 Å². The highest BCUT2D eigenvalue weighted by Crippen LogP contribution is 2.36. The summed E-state index contributed by atoms with van der Waals surface area (Å²) in [5.41, 5.74) is -0.0613. The van der Waals surface area contributed by atoms with Gasteiger partial charge in [-0.25, -0.2) is 0 Å². The van der Waals surface area contributed by atoms with Crippen LogP contribution in [0.1, 0.15) is 29.8 Å². The zero-order valence-corrected chi connectivity index (χ0v) is 18.1. The van der Waals surface area contributed by atoms with Gasteiger partial charge in [0.1, 0.15) is 5.56 Å². The Kier molecular flexibility index (Phi) is 8.56. The van der Waals surface area contributed by atoms with E-state index in [2.05, 4.69) is 4.74 Å². The summed E-state index contributed by atoms with van der Waals surface area (Å²) in [5, 5.41) is 11.6. The fourth-order valence-corrected chi connectivity index (χ4v) is 2.96. The van der Waals surface area contributed by atoms with Crippen molar-refractivity contribution in [2.45, 2.75) is 27.0 Å². The molecule has 0 aliphatic heterocycles. The average molecular weight is 454 g/mol. The number of benzene rings is 2. The van der Waals surface area contributed by atoms with Crippen LogP contribution in [0.15, 0.2) is 30.3 Å². The molecule has 0 unspecified atom stereocenters. The summed E-state index contributed by atoms with van der Waals surface area (Å²) in [6.07, 6.45) is 0. The first kappa shape index (κ1) is 24.6. The number of ether oxygens (including phenoxy) is 4. The molecule has 0 heterocycles. The third-order valence-electron chi connectivity index (χ3n) is 4.30. The third-order valence-corrected chi connectivity index (χ3v) is 4.30. The molecule has 174 valence electrons. The van der Waals surface area contributed by atoms with Crippen molar-refractivity contribution < 1.29 is 37.4 Å². The normalized spacial score (nSPS) is 10.6. The summed E-state index contributed by atoms with van der Waals surface area (Å²) in [6, 6.07) is 6.68. The molecule has 0 bridgehead atoms. The molecule has 0 saturated carbocycles. The number of hydrogen-bond acceptors (Lipinski definition) is 7. The molecule has 0 atom stereocenters. The van der Waals surface area contributed by atoms with E-state index in [9.17, 15) is 23.7 Å². The van der Waals surface area contributed by atoms with Crippen molar-refractivity contribution in [1.29, 1.82) is 0 Å². The lowest BCUT2D eigenvalue weighted by Gasteiger charge is -2.19. The van der Waals surface area contributed by atoms with Gasteiger partial charge in [-0.15, -0.1) is 0 Å². The standard InChI is InChI=1S/C21H24F2N2O7/c1-5-30-18-9-13(7-8-16(18)32-21(22)23)12-24(3)20(26)14-10-17(29-4)19(31-6-2)11-15(14)25(27)28/h7-11,21H,5-6,12H2,1-4H3. The molecular formula is C21H24F2N2O7. The predicted molar refractivity (Wildman–Crippen MR) is 111 cm³/mol. The van der Waals surface area contributed by atoms with Crippen molar-refractivity contribution in [2.24, 2.45) is 0 Å². The van der Waals surface area contributed by atoms with E-state index in [1.807, 2.05) is 0 Å². The SMILES string of the molecule is CCOc1cc([N+](=O)[O-])c(C(=O)N(C)Cc2ccc(OC(F)F)c(OCC)c2)cc1OC. The second-order valence-corrected chi connectivity index (χ2v) is 6.46. The van der Waals surface area contributed by atoms with Crippen molar-refractivity contribution in [3.05, 3.63) is 51.6 Å². The quantitative estimate of drug-likeness (QED) is 0.369. The summed E-state index contributed by atoms with van der Waals surface area (Å²) >= 11 is 0. The van der Waals surface area contributed by atoms with E-state index in [0.29, 0.717) is 5.56 Å². The average Bonchev–Trinajstić information content (AvgIpc) is 2.74. The van der Waals surface area contributed by atoms with Crippen LogP contribution in [-0.2, 0) is 6.54 Å². The van der Waals surface area contributed by atoms with E-state index < -0.39 is 23.1 Å². The smallest absolute Gasteiger partial charge is 0.387 e. The number of rotatable bonds is 11. The molecule has 32 heavy (non-hydrogen) atoms. The zero-order chi connectivity index (χ0) is 23.8. The summed E-state index contributed by atoms with van der Waals surface area (Å²) in [7, 11) is 2.82. The first-order valence-electron chi connectivity index (χ1n) is 9.66. The highest BCUT2D eigenvalue weighted by atomic mass is 19.3. The Bertz CT molecular complexity index is 969. The maximum atomic E-state index is 13.0. The minimum absolute atomic E-state index is 0.0283. The lowest BCUT2D eigenvalue weighted by molar-refractivity contribution is -0.385. The van der Waals surface area contributed by atoms with Crippen molar-refractivity contribution in [2.75, 3.05) is 27.4 Å². The molecule has 9 nitrogen and oxygen atoms in total. The van der Waals surface area contributed by atoms with Crippen LogP contribution in [0.4, 0.5) is 14.5 Å². The Morgan fingerprint density at radius 3 is 2.22 bits per heavy atom. The maximum absolute atomic E-state index is 13.0. The summed E-state index contributed by atoms with van der Waals surface area (Å²) in [5.74, 6) is -0.339. The number of nitro groups is 1. The highest BCUT2D eigenvalue weighted by molar-refractivity contribution is 5.99. The molecule has 1 amide bonds. The molecule has 0 fully saturated rings. The van der Waals surface area contributed by atoms with Crippen LogP contribution in [-0.4, -0.2) is 49.7 Å². The van der Waals surface area contributed by atoms with Crippen molar-refractivity contribution in [3.8, 4) is 23.0 Å². The van der Waals surface area contributed by atoms with E-state index in [4.69, 9.17) is 14.2 Å². The van der Waals surface area contributed by atoms with Gasteiger partial charge in [-0.05, 0) is 31.5 Å². The monoisotopic (exact) mass is 454 g/mol. The lowest BCUT2D eigenvalue weighted by atomic mass is 10.1. The third kappa shape index (κ3) is 5.96. The van der Waals surface area contributed by atoms with Crippen LogP contribution >= 0.6 is 0 Å². The van der Waals surface area contributed by atoms with Crippen LogP contribution in [0, 0.1) is 10.1 Å². The first-order valence-corrected chi connectivity index (χ1v) is 9.66. The van der Waals surface area contributed by atoms with E-state index in [0.717, 1.165) is 6.07 Å². The van der Waals surface area contributed by atoms with Gasteiger partial charge in [0.2, 0.25) is 0 Å². The number of nitrogens with zero attached hydrogens (tertiary/aromatic N) is 2. The number of alkyl halides is 2. The fraction of sp³-hybridized carbons (Fsp3) is 0.381. The molecule has 2 aromatic rings. The Hall–Kier alpha value is -3.63. The number of amides is 1. The molecule has 11 heteroatoms. The van der Waals surface area contributed by atoms with E-state index in [-0.39, 0.29) is 48.3 Å². The van der Waals surface area contributed by atoms with Gasteiger partial charge in [-0.3, -0.25) is 14.9 Å². The van der Waals surface area contributed by atoms with Crippen LogP contribution in [0.2, 0.25) is 0 Å². The number of methoxy groups -OCH3 is 1. The van der Waals surface area contributed by atoms with Crippen LogP contribution in [0.25, 0.3) is 0 Å². The van der Waals surface area contributed by atoms with Crippen molar-refractivity contribution in [1.82, 2.24) is 4.90 Å². The van der Waals surface area contributed by atoms with Gasteiger partial charge in [-0.2, -0.15) is 8.78 Å².